The second kappa shape index (κ2) is 6.53. The van der Waals surface area contributed by atoms with E-state index in [0.29, 0.717) is 4.88 Å². The molecule has 0 aliphatic carbocycles. The lowest BCUT2D eigenvalue weighted by Crippen LogP contribution is -2.14. The van der Waals surface area contributed by atoms with E-state index in [1.54, 1.807) is 17.5 Å². The monoisotopic (exact) mass is 350 g/mol. The molecular weight excluding hydrogens is 341 g/mol. The summed E-state index contributed by atoms with van der Waals surface area (Å²) >= 11 is 1.18. The van der Waals surface area contributed by atoms with Crippen LogP contribution in [-0.4, -0.2) is 31.0 Å². The third-order valence-electron chi connectivity index (χ3n) is 2.47. The summed E-state index contributed by atoms with van der Waals surface area (Å²) in [5.74, 6) is -1.54. The Bertz CT molecular complexity index is 702. The quantitative estimate of drug-likeness (QED) is 0.839. The average molecular weight is 350 g/mol. The number of alkyl halides is 3. The molecule has 1 N–H and O–H groups in total. The largest absolute Gasteiger partial charge is 0.481 e. The van der Waals surface area contributed by atoms with Crippen LogP contribution in [0.4, 0.5) is 13.2 Å². The predicted molar refractivity (Wildman–Crippen MR) is 73.9 cm³/mol. The van der Waals surface area contributed by atoms with E-state index in [9.17, 15) is 22.2 Å². The van der Waals surface area contributed by atoms with Gasteiger partial charge in [0.15, 0.2) is 0 Å². The topological polar surface area (TPSA) is 80.1 Å². The molecule has 2 aromatic heterocycles. The van der Waals surface area contributed by atoms with Gasteiger partial charge in [-0.2, -0.15) is 13.2 Å². The van der Waals surface area contributed by atoms with E-state index < -0.39 is 40.2 Å². The Kier molecular flexibility index (Phi) is 4.91. The highest BCUT2D eigenvalue weighted by molar-refractivity contribution is 7.84. The SMILES string of the molecule is O=C(O)CCS(=O)c1nc(-c2cccs2)cc(C(F)(F)F)n1. The predicted octanol–water partition coefficient (Wildman–Crippen LogP) is 2.81. The summed E-state index contributed by atoms with van der Waals surface area (Å²) in [5.41, 5.74) is -1.19. The molecule has 1 unspecified atom stereocenters. The fraction of sp³-hybridized carbons (Fsp3) is 0.250. The Morgan fingerprint density at radius 2 is 2.09 bits per heavy atom. The van der Waals surface area contributed by atoms with E-state index in [4.69, 9.17) is 5.11 Å². The van der Waals surface area contributed by atoms with Crippen molar-refractivity contribution < 1.29 is 27.3 Å². The Labute approximate surface area is 129 Å². The van der Waals surface area contributed by atoms with Crippen molar-refractivity contribution in [1.82, 2.24) is 9.97 Å². The Balaban J connectivity index is 2.43. The number of rotatable bonds is 5. The molecule has 2 aromatic rings. The fourth-order valence-corrected chi connectivity index (χ4v) is 3.12. The lowest BCUT2D eigenvalue weighted by atomic mass is 10.3. The highest BCUT2D eigenvalue weighted by Gasteiger charge is 2.34. The number of halogens is 3. The van der Waals surface area contributed by atoms with Crippen LogP contribution in [0.25, 0.3) is 10.6 Å². The van der Waals surface area contributed by atoms with Crippen LogP contribution in [0.1, 0.15) is 12.1 Å². The molecule has 22 heavy (non-hydrogen) atoms. The average Bonchev–Trinajstić information content (AvgIpc) is 2.97. The molecule has 0 spiro atoms. The van der Waals surface area contributed by atoms with Crippen molar-refractivity contribution in [2.24, 2.45) is 0 Å². The minimum Gasteiger partial charge on any atom is -0.481 e. The molecule has 118 valence electrons. The van der Waals surface area contributed by atoms with Gasteiger partial charge in [-0.3, -0.25) is 9.00 Å². The summed E-state index contributed by atoms with van der Waals surface area (Å²) in [4.78, 5) is 18.1. The van der Waals surface area contributed by atoms with Gasteiger partial charge in [0.1, 0.15) is 5.69 Å². The molecule has 0 aliphatic rings. The number of carboxylic acid groups (broad SMARTS) is 1. The first-order valence-electron chi connectivity index (χ1n) is 5.87. The maximum atomic E-state index is 12.9. The first kappa shape index (κ1) is 16.6. The van der Waals surface area contributed by atoms with Gasteiger partial charge in [-0.15, -0.1) is 11.3 Å². The van der Waals surface area contributed by atoms with Crippen LogP contribution in [0.15, 0.2) is 28.7 Å². The Hall–Kier alpha value is -1.81. The van der Waals surface area contributed by atoms with Crippen molar-refractivity contribution in [3.63, 3.8) is 0 Å². The molecule has 2 heterocycles. The molecule has 0 amide bonds. The van der Waals surface area contributed by atoms with Gasteiger partial charge >= 0.3 is 12.1 Å². The van der Waals surface area contributed by atoms with Crippen molar-refractivity contribution in [1.29, 1.82) is 0 Å². The third-order valence-corrected chi connectivity index (χ3v) is 4.53. The lowest BCUT2D eigenvalue weighted by Gasteiger charge is -2.09. The van der Waals surface area contributed by atoms with Crippen LogP contribution in [-0.2, 0) is 21.8 Å². The van der Waals surface area contributed by atoms with E-state index in [0.717, 1.165) is 6.07 Å². The van der Waals surface area contributed by atoms with Crippen molar-refractivity contribution in [2.75, 3.05) is 5.75 Å². The number of thiophene rings is 1. The van der Waals surface area contributed by atoms with Gasteiger partial charge in [0.2, 0.25) is 5.16 Å². The van der Waals surface area contributed by atoms with Crippen LogP contribution >= 0.6 is 11.3 Å². The first-order valence-corrected chi connectivity index (χ1v) is 8.07. The van der Waals surface area contributed by atoms with Crippen LogP contribution < -0.4 is 0 Å². The number of nitrogens with zero attached hydrogens (tertiary/aromatic N) is 2. The smallest absolute Gasteiger partial charge is 0.433 e. The Morgan fingerprint density at radius 1 is 1.36 bits per heavy atom. The fourth-order valence-electron chi connectivity index (χ4n) is 1.49. The standard InChI is InChI=1S/C12H9F3N2O3S2/c13-12(14,15)9-6-7(8-2-1-4-21-8)16-11(17-9)22(20)5-3-10(18)19/h1-2,4,6H,3,5H2,(H,18,19). The first-order chi connectivity index (χ1) is 10.3. The van der Waals surface area contributed by atoms with Gasteiger partial charge < -0.3 is 5.11 Å². The molecule has 1 atom stereocenters. The summed E-state index contributed by atoms with van der Waals surface area (Å²) < 4.78 is 50.6. The van der Waals surface area contributed by atoms with Crippen LogP contribution in [0.5, 0.6) is 0 Å². The maximum Gasteiger partial charge on any atom is 0.433 e. The minimum absolute atomic E-state index is 0.0102. The molecule has 0 fully saturated rings. The zero-order chi connectivity index (χ0) is 16.3. The van der Waals surface area contributed by atoms with Gasteiger partial charge in [-0.05, 0) is 17.5 Å². The molecule has 2 rings (SSSR count). The molecule has 0 bridgehead atoms. The van der Waals surface area contributed by atoms with Gasteiger partial charge in [0, 0.05) is 5.75 Å². The molecular formula is C12H9F3N2O3S2. The van der Waals surface area contributed by atoms with E-state index in [1.165, 1.54) is 11.3 Å². The zero-order valence-electron chi connectivity index (χ0n) is 10.8. The maximum absolute atomic E-state index is 12.9. The number of hydrogen-bond donors (Lipinski definition) is 1. The van der Waals surface area contributed by atoms with E-state index in [1.807, 2.05) is 0 Å². The molecule has 0 aromatic carbocycles. The Morgan fingerprint density at radius 3 is 2.64 bits per heavy atom. The van der Waals surface area contributed by atoms with E-state index in [-0.39, 0.29) is 11.4 Å². The molecule has 10 heteroatoms. The molecule has 0 saturated heterocycles. The highest BCUT2D eigenvalue weighted by Crippen LogP contribution is 2.32. The second-order valence-electron chi connectivity index (χ2n) is 4.09. The van der Waals surface area contributed by atoms with Crippen molar-refractivity contribution in [2.45, 2.75) is 17.8 Å². The number of aromatic nitrogens is 2. The summed E-state index contributed by atoms with van der Waals surface area (Å²) in [6, 6.07) is 4.01. The van der Waals surface area contributed by atoms with E-state index >= 15 is 0 Å². The van der Waals surface area contributed by atoms with Crippen molar-refractivity contribution >= 4 is 28.1 Å². The molecule has 0 aliphatic heterocycles. The highest BCUT2D eigenvalue weighted by atomic mass is 32.2. The minimum atomic E-state index is -4.71. The summed E-state index contributed by atoms with van der Waals surface area (Å²) in [6.07, 6.45) is -5.15. The molecule has 5 nitrogen and oxygen atoms in total. The van der Waals surface area contributed by atoms with Crippen molar-refractivity contribution in [3.8, 4) is 10.6 Å². The number of hydrogen-bond acceptors (Lipinski definition) is 5. The second-order valence-corrected chi connectivity index (χ2v) is 6.50. The normalized spacial score (nSPS) is 13.0. The van der Waals surface area contributed by atoms with Crippen LogP contribution in [0, 0.1) is 0 Å². The molecule has 0 radical (unpaired) electrons. The van der Waals surface area contributed by atoms with Crippen LogP contribution in [0.3, 0.4) is 0 Å². The zero-order valence-corrected chi connectivity index (χ0v) is 12.5. The van der Waals surface area contributed by atoms with Crippen LogP contribution in [0.2, 0.25) is 0 Å². The molecule has 0 saturated carbocycles. The van der Waals surface area contributed by atoms with Gasteiger partial charge in [0.25, 0.3) is 0 Å². The number of carbonyl (C=O) groups is 1. The van der Waals surface area contributed by atoms with Crippen molar-refractivity contribution in [3.05, 3.63) is 29.3 Å². The van der Waals surface area contributed by atoms with Gasteiger partial charge in [-0.1, -0.05) is 6.07 Å². The summed E-state index contributed by atoms with van der Waals surface area (Å²) in [7, 11) is -2.02. The third kappa shape index (κ3) is 4.10. The number of aliphatic carboxylic acids is 1. The van der Waals surface area contributed by atoms with Gasteiger partial charge in [-0.25, -0.2) is 9.97 Å². The summed E-state index contributed by atoms with van der Waals surface area (Å²) in [6.45, 7) is 0. The van der Waals surface area contributed by atoms with E-state index in [2.05, 4.69) is 9.97 Å². The van der Waals surface area contributed by atoms with Gasteiger partial charge in [0.05, 0.1) is 27.8 Å². The lowest BCUT2D eigenvalue weighted by molar-refractivity contribution is -0.141. The number of carboxylic acids is 1. The summed E-state index contributed by atoms with van der Waals surface area (Å²) in [5, 5.41) is 9.70.